The first-order chi connectivity index (χ1) is 15.6. The van der Waals surface area contributed by atoms with E-state index in [4.69, 9.17) is 9.47 Å². The van der Waals surface area contributed by atoms with Gasteiger partial charge in [0.2, 0.25) is 10.0 Å². The van der Waals surface area contributed by atoms with Crippen LogP contribution in [0.3, 0.4) is 0 Å². The van der Waals surface area contributed by atoms with Gasteiger partial charge in [0.1, 0.15) is 11.3 Å². The minimum atomic E-state index is -3.92. The van der Waals surface area contributed by atoms with Crippen molar-refractivity contribution in [3.63, 3.8) is 0 Å². The molecule has 3 rings (SSSR count). The fourth-order valence-electron chi connectivity index (χ4n) is 2.89. The van der Waals surface area contributed by atoms with E-state index in [1.165, 1.54) is 22.5 Å². The summed E-state index contributed by atoms with van der Waals surface area (Å²) in [6.07, 6.45) is 0. The molecular weight excluding hydrogens is 526 g/mol. The number of rotatable bonds is 7. The Morgan fingerprint density at radius 2 is 1.91 bits per heavy atom. The third kappa shape index (κ3) is 5.84. The minimum absolute atomic E-state index is 0.154. The second-order valence-electron chi connectivity index (χ2n) is 6.74. The molecule has 1 saturated heterocycles. The van der Waals surface area contributed by atoms with Gasteiger partial charge in [-0.25, -0.2) is 13.2 Å². The van der Waals surface area contributed by atoms with E-state index in [1.54, 1.807) is 0 Å². The Bertz CT molecular complexity index is 1200. The van der Waals surface area contributed by atoms with Gasteiger partial charge in [-0.1, -0.05) is 0 Å². The van der Waals surface area contributed by atoms with Gasteiger partial charge < -0.3 is 19.9 Å². The highest BCUT2D eigenvalue weighted by molar-refractivity contribution is 9.10. The molecule has 0 spiro atoms. The number of hydrogen-bond acceptors (Lipinski definition) is 9. The number of non-ortho nitro benzene ring substituents is 1. The van der Waals surface area contributed by atoms with Gasteiger partial charge in [-0.05, 0) is 40.2 Å². The lowest BCUT2D eigenvalue weighted by molar-refractivity contribution is -0.384. The number of nitrogens with zero attached hydrogens (tertiary/aromatic N) is 2. The molecule has 176 valence electrons. The van der Waals surface area contributed by atoms with Crippen LogP contribution in [0, 0.1) is 10.1 Å². The van der Waals surface area contributed by atoms with Crippen LogP contribution in [0.5, 0.6) is 5.75 Å². The molecular formula is C19H18BrN3O9S. The molecule has 0 aromatic heterocycles. The van der Waals surface area contributed by atoms with E-state index < -0.39 is 44.7 Å². The molecule has 1 heterocycles. The van der Waals surface area contributed by atoms with Crippen LogP contribution in [0.4, 0.5) is 11.4 Å². The summed E-state index contributed by atoms with van der Waals surface area (Å²) in [5.74, 6) is -2.38. The highest BCUT2D eigenvalue weighted by atomic mass is 79.9. The quantitative estimate of drug-likeness (QED) is 0.301. The number of halogens is 1. The van der Waals surface area contributed by atoms with Crippen molar-refractivity contribution in [3.8, 4) is 5.75 Å². The number of sulfonamides is 1. The second kappa shape index (κ2) is 10.2. The number of aromatic hydroxyl groups is 1. The maximum atomic E-state index is 12.8. The van der Waals surface area contributed by atoms with Crippen LogP contribution in [0.25, 0.3) is 0 Å². The van der Waals surface area contributed by atoms with Crippen molar-refractivity contribution in [2.45, 2.75) is 4.90 Å². The average molecular weight is 544 g/mol. The number of esters is 1. The van der Waals surface area contributed by atoms with Gasteiger partial charge in [0.05, 0.1) is 28.7 Å². The number of nitro groups is 1. The van der Waals surface area contributed by atoms with Crippen molar-refractivity contribution in [2.75, 3.05) is 38.2 Å². The van der Waals surface area contributed by atoms with E-state index in [0.717, 1.165) is 18.2 Å². The molecule has 0 saturated carbocycles. The van der Waals surface area contributed by atoms with Gasteiger partial charge in [-0.2, -0.15) is 4.31 Å². The molecule has 0 atom stereocenters. The Morgan fingerprint density at radius 1 is 1.21 bits per heavy atom. The second-order valence-corrected chi connectivity index (χ2v) is 9.53. The fourth-order valence-corrected chi connectivity index (χ4v) is 4.79. The summed E-state index contributed by atoms with van der Waals surface area (Å²) in [6, 6.07) is 6.87. The third-order valence-corrected chi connectivity index (χ3v) is 7.12. The number of nitrogens with one attached hydrogen (secondary N) is 1. The molecule has 0 bridgehead atoms. The Kier molecular flexibility index (Phi) is 7.63. The van der Waals surface area contributed by atoms with Crippen LogP contribution in [-0.4, -0.2) is 67.5 Å². The maximum absolute atomic E-state index is 12.8. The van der Waals surface area contributed by atoms with Crippen LogP contribution in [0.2, 0.25) is 0 Å². The molecule has 12 nitrogen and oxygen atoms in total. The first-order valence-corrected chi connectivity index (χ1v) is 11.6. The van der Waals surface area contributed by atoms with Gasteiger partial charge in [0.25, 0.3) is 11.6 Å². The number of morpholine rings is 1. The van der Waals surface area contributed by atoms with E-state index in [0.29, 0.717) is 0 Å². The van der Waals surface area contributed by atoms with Crippen molar-refractivity contribution < 1.29 is 37.5 Å². The summed E-state index contributed by atoms with van der Waals surface area (Å²) < 4.78 is 37.0. The van der Waals surface area contributed by atoms with Crippen molar-refractivity contribution in [1.29, 1.82) is 0 Å². The third-order valence-electron chi connectivity index (χ3n) is 4.57. The van der Waals surface area contributed by atoms with Crippen LogP contribution in [-0.2, 0) is 24.3 Å². The Labute approximate surface area is 196 Å². The summed E-state index contributed by atoms with van der Waals surface area (Å²) in [4.78, 5) is 34.5. The first-order valence-electron chi connectivity index (χ1n) is 9.41. The number of carbonyl (C=O) groups is 2. The predicted molar refractivity (Wildman–Crippen MR) is 117 cm³/mol. The van der Waals surface area contributed by atoms with E-state index in [-0.39, 0.29) is 47.0 Å². The van der Waals surface area contributed by atoms with Crippen molar-refractivity contribution in [2.24, 2.45) is 0 Å². The topological polar surface area (TPSA) is 165 Å². The van der Waals surface area contributed by atoms with Crippen LogP contribution >= 0.6 is 15.9 Å². The number of benzene rings is 2. The molecule has 0 unspecified atom stereocenters. The molecule has 2 aromatic rings. The number of phenols is 1. The van der Waals surface area contributed by atoms with Crippen LogP contribution < -0.4 is 5.32 Å². The predicted octanol–water partition coefficient (Wildman–Crippen LogP) is 1.88. The fraction of sp³-hybridized carbons (Fsp3) is 0.263. The van der Waals surface area contributed by atoms with E-state index in [9.17, 15) is 33.2 Å². The molecule has 1 aliphatic rings. The number of ether oxygens (including phenoxy) is 2. The molecule has 2 aromatic carbocycles. The van der Waals surface area contributed by atoms with Gasteiger partial charge >= 0.3 is 5.97 Å². The van der Waals surface area contributed by atoms with Crippen molar-refractivity contribution in [1.82, 2.24) is 4.31 Å². The number of hydrogen-bond donors (Lipinski definition) is 2. The molecule has 1 aliphatic heterocycles. The van der Waals surface area contributed by atoms with Gasteiger partial charge in [0, 0.05) is 29.7 Å². The number of carbonyl (C=O) groups excluding carboxylic acids is 2. The van der Waals surface area contributed by atoms with E-state index in [1.807, 2.05) is 0 Å². The summed E-state index contributed by atoms with van der Waals surface area (Å²) in [5.41, 5.74) is -0.398. The van der Waals surface area contributed by atoms with Crippen molar-refractivity contribution in [3.05, 3.63) is 56.5 Å². The van der Waals surface area contributed by atoms with Crippen LogP contribution in [0.15, 0.2) is 45.8 Å². The number of nitro benzene ring substituents is 1. The summed E-state index contributed by atoms with van der Waals surface area (Å²) >= 11 is 3.10. The largest absolute Gasteiger partial charge is 0.507 e. The lowest BCUT2D eigenvalue weighted by Crippen LogP contribution is -2.40. The van der Waals surface area contributed by atoms with E-state index >= 15 is 0 Å². The number of anilines is 1. The SMILES string of the molecule is O=C(COC(=O)c1cc(S(=O)(=O)N2CCOCC2)ccc1O)Nc1ccc([N+](=O)[O-])cc1Br. The smallest absolute Gasteiger partial charge is 0.342 e. The first kappa shape index (κ1) is 24.6. The van der Waals surface area contributed by atoms with Gasteiger partial charge in [0.15, 0.2) is 6.61 Å². The molecule has 0 aliphatic carbocycles. The molecule has 1 amide bonds. The zero-order valence-electron chi connectivity index (χ0n) is 16.9. The summed E-state index contributed by atoms with van der Waals surface area (Å²) in [6.45, 7) is 0.0449. The normalized spacial score (nSPS) is 14.5. The Balaban J connectivity index is 1.67. The molecule has 0 radical (unpaired) electrons. The zero-order chi connectivity index (χ0) is 24.2. The van der Waals surface area contributed by atoms with E-state index in [2.05, 4.69) is 21.2 Å². The van der Waals surface area contributed by atoms with Crippen molar-refractivity contribution >= 4 is 49.2 Å². The Morgan fingerprint density at radius 3 is 2.55 bits per heavy atom. The minimum Gasteiger partial charge on any atom is -0.507 e. The number of phenolic OH excluding ortho intramolecular Hbond substituents is 1. The maximum Gasteiger partial charge on any atom is 0.342 e. The molecule has 2 N–H and O–H groups in total. The Hall–Kier alpha value is -3.07. The monoisotopic (exact) mass is 543 g/mol. The zero-order valence-corrected chi connectivity index (χ0v) is 19.3. The molecule has 33 heavy (non-hydrogen) atoms. The molecule has 14 heteroatoms. The highest BCUT2D eigenvalue weighted by Gasteiger charge is 2.28. The van der Waals surface area contributed by atoms with Gasteiger partial charge in [-0.15, -0.1) is 0 Å². The standard InChI is InChI=1S/C19H18BrN3O9S/c20-15-9-12(23(27)28)1-3-16(15)21-18(25)11-32-19(26)14-10-13(2-4-17(14)24)33(29,30)22-5-7-31-8-6-22/h1-4,9-10,24H,5-8,11H2,(H,21,25). The average Bonchev–Trinajstić information content (AvgIpc) is 2.79. The highest BCUT2D eigenvalue weighted by Crippen LogP contribution is 2.27. The number of amides is 1. The lowest BCUT2D eigenvalue weighted by Gasteiger charge is -2.26. The summed E-state index contributed by atoms with van der Waals surface area (Å²) in [7, 11) is -3.92. The van der Waals surface area contributed by atoms with Gasteiger partial charge in [-0.3, -0.25) is 14.9 Å². The molecule has 1 fully saturated rings. The summed E-state index contributed by atoms with van der Waals surface area (Å²) in [5, 5.41) is 23.2. The lowest BCUT2D eigenvalue weighted by atomic mass is 10.2. The van der Waals surface area contributed by atoms with Crippen LogP contribution in [0.1, 0.15) is 10.4 Å².